The van der Waals surface area contributed by atoms with Crippen LogP contribution in [0.25, 0.3) is 0 Å². The molecule has 19 heavy (non-hydrogen) atoms. The zero-order valence-electron chi connectivity index (χ0n) is 11.5. The van der Waals surface area contributed by atoms with Crippen LogP contribution >= 0.6 is 0 Å². The molecule has 0 atom stereocenters. The lowest BCUT2D eigenvalue weighted by molar-refractivity contribution is 0.0391. The molecule has 0 aliphatic carbocycles. The summed E-state index contributed by atoms with van der Waals surface area (Å²) >= 11 is 0. The van der Waals surface area contributed by atoms with E-state index in [4.69, 9.17) is 9.84 Å². The molecule has 1 heterocycles. The maximum Gasteiger partial charge on any atom is 0.0594 e. The molecule has 1 aliphatic rings. The maximum absolute atomic E-state index is 9.03. The van der Waals surface area contributed by atoms with Crippen molar-refractivity contribution in [2.75, 3.05) is 57.4 Å². The lowest BCUT2D eigenvalue weighted by atomic mass is 10.2. The number of aliphatic hydroxyl groups excluding tert-OH is 1. The molecule has 0 aromatic heterocycles. The number of rotatable bonds is 7. The molecule has 1 N–H and O–H groups in total. The smallest absolute Gasteiger partial charge is 0.0594 e. The lowest BCUT2D eigenvalue weighted by Crippen LogP contribution is -2.41. The summed E-state index contributed by atoms with van der Waals surface area (Å²) in [5.41, 5.74) is 1.24. The Morgan fingerprint density at radius 1 is 1.11 bits per heavy atom. The molecule has 0 spiro atoms. The minimum absolute atomic E-state index is 0.251. The van der Waals surface area contributed by atoms with Crippen molar-refractivity contribution < 1.29 is 9.84 Å². The Balaban J connectivity index is 1.86. The summed E-state index contributed by atoms with van der Waals surface area (Å²) in [6.45, 7) is 6.98. The van der Waals surface area contributed by atoms with Crippen molar-refractivity contribution in [2.24, 2.45) is 0 Å². The summed E-state index contributed by atoms with van der Waals surface area (Å²) in [5.74, 6) is 0. The highest BCUT2D eigenvalue weighted by atomic mass is 16.5. The number of aliphatic hydroxyl groups is 1. The Bertz CT molecular complexity index is 339. The van der Waals surface area contributed by atoms with Crippen LogP contribution in [0, 0.1) is 0 Å². The Kier molecular flexibility index (Phi) is 6.14. The van der Waals surface area contributed by atoms with E-state index in [-0.39, 0.29) is 6.61 Å². The van der Waals surface area contributed by atoms with Gasteiger partial charge in [0.2, 0.25) is 0 Å². The van der Waals surface area contributed by atoms with Crippen LogP contribution in [0.1, 0.15) is 6.42 Å². The van der Waals surface area contributed by atoms with Gasteiger partial charge in [-0.15, -0.1) is 0 Å². The third-order valence-electron chi connectivity index (χ3n) is 3.50. The van der Waals surface area contributed by atoms with E-state index in [1.807, 2.05) is 6.07 Å². The van der Waals surface area contributed by atoms with Gasteiger partial charge in [0.05, 0.1) is 13.2 Å². The van der Waals surface area contributed by atoms with Crippen LogP contribution in [0.15, 0.2) is 30.3 Å². The van der Waals surface area contributed by atoms with E-state index in [0.717, 1.165) is 52.4 Å². The van der Waals surface area contributed by atoms with Crippen LogP contribution in [0.5, 0.6) is 0 Å². The Labute approximate surface area is 115 Å². The highest BCUT2D eigenvalue weighted by Gasteiger charge is 2.12. The third kappa shape index (κ3) is 4.82. The van der Waals surface area contributed by atoms with Gasteiger partial charge >= 0.3 is 0 Å². The first-order valence-electron chi connectivity index (χ1n) is 7.11. The topological polar surface area (TPSA) is 35.9 Å². The van der Waals surface area contributed by atoms with E-state index in [2.05, 4.69) is 34.1 Å². The van der Waals surface area contributed by atoms with E-state index in [0.29, 0.717) is 0 Å². The van der Waals surface area contributed by atoms with E-state index in [1.54, 1.807) is 0 Å². The number of anilines is 1. The molecule has 1 saturated heterocycles. The van der Waals surface area contributed by atoms with Crippen LogP contribution < -0.4 is 4.90 Å². The van der Waals surface area contributed by atoms with E-state index in [9.17, 15) is 0 Å². The van der Waals surface area contributed by atoms with Gasteiger partial charge in [0.25, 0.3) is 0 Å². The van der Waals surface area contributed by atoms with Crippen molar-refractivity contribution in [3.05, 3.63) is 30.3 Å². The number of morpholine rings is 1. The second-order valence-corrected chi connectivity index (χ2v) is 4.85. The first-order chi connectivity index (χ1) is 9.40. The molecule has 0 amide bonds. The van der Waals surface area contributed by atoms with E-state index in [1.165, 1.54) is 5.69 Å². The number of hydrogen-bond acceptors (Lipinski definition) is 4. The molecule has 1 aromatic rings. The van der Waals surface area contributed by atoms with Gasteiger partial charge in [-0.2, -0.15) is 0 Å². The largest absolute Gasteiger partial charge is 0.396 e. The number of benzene rings is 1. The summed E-state index contributed by atoms with van der Waals surface area (Å²) < 4.78 is 5.37. The van der Waals surface area contributed by atoms with Crippen LogP contribution in [-0.4, -0.2) is 62.6 Å². The molecule has 0 bridgehead atoms. The predicted molar refractivity (Wildman–Crippen MR) is 77.6 cm³/mol. The number of hydrogen-bond donors (Lipinski definition) is 1. The molecule has 4 heteroatoms. The molecule has 106 valence electrons. The first kappa shape index (κ1) is 14.3. The average Bonchev–Trinajstić information content (AvgIpc) is 2.49. The fourth-order valence-electron chi connectivity index (χ4n) is 2.36. The second kappa shape index (κ2) is 8.15. The van der Waals surface area contributed by atoms with Crippen molar-refractivity contribution in [2.45, 2.75) is 6.42 Å². The summed E-state index contributed by atoms with van der Waals surface area (Å²) in [4.78, 5) is 4.80. The van der Waals surface area contributed by atoms with Gasteiger partial charge in [-0.25, -0.2) is 0 Å². The minimum Gasteiger partial charge on any atom is -0.396 e. The molecule has 2 rings (SSSR count). The van der Waals surface area contributed by atoms with Crippen LogP contribution in [-0.2, 0) is 4.74 Å². The highest BCUT2D eigenvalue weighted by molar-refractivity contribution is 5.45. The van der Waals surface area contributed by atoms with Gasteiger partial charge in [0, 0.05) is 45.0 Å². The number of para-hydroxylation sites is 1. The molecule has 1 aromatic carbocycles. The van der Waals surface area contributed by atoms with Crippen molar-refractivity contribution in [3.63, 3.8) is 0 Å². The van der Waals surface area contributed by atoms with Crippen molar-refractivity contribution in [1.82, 2.24) is 4.90 Å². The van der Waals surface area contributed by atoms with Crippen LogP contribution in [0.2, 0.25) is 0 Å². The van der Waals surface area contributed by atoms with Crippen molar-refractivity contribution in [1.29, 1.82) is 0 Å². The molecule has 0 unspecified atom stereocenters. The van der Waals surface area contributed by atoms with Crippen LogP contribution in [0.4, 0.5) is 5.69 Å². The molecular formula is C15H24N2O2. The summed E-state index contributed by atoms with van der Waals surface area (Å²) in [5, 5.41) is 9.03. The molecule has 0 saturated carbocycles. The number of nitrogens with zero attached hydrogens (tertiary/aromatic N) is 2. The van der Waals surface area contributed by atoms with E-state index < -0.39 is 0 Å². The SMILES string of the molecule is OCCCN(CCN1CCOCC1)c1ccccc1. The molecule has 1 fully saturated rings. The Morgan fingerprint density at radius 3 is 2.53 bits per heavy atom. The van der Waals surface area contributed by atoms with Gasteiger partial charge in [0.15, 0.2) is 0 Å². The lowest BCUT2D eigenvalue weighted by Gasteiger charge is -2.31. The summed E-state index contributed by atoms with van der Waals surface area (Å²) in [7, 11) is 0. The van der Waals surface area contributed by atoms with Crippen molar-refractivity contribution >= 4 is 5.69 Å². The molecule has 0 radical (unpaired) electrons. The van der Waals surface area contributed by atoms with Crippen molar-refractivity contribution in [3.8, 4) is 0 Å². The van der Waals surface area contributed by atoms with Gasteiger partial charge in [0.1, 0.15) is 0 Å². The zero-order valence-corrected chi connectivity index (χ0v) is 11.5. The van der Waals surface area contributed by atoms with Gasteiger partial charge < -0.3 is 14.7 Å². The zero-order chi connectivity index (χ0) is 13.3. The Morgan fingerprint density at radius 2 is 1.84 bits per heavy atom. The van der Waals surface area contributed by atoms with Crippen LogP contribution in [0.3, 0.4) is 0 Å². The van der Waals surface area contributed by atoms with Gasteiger partial charge in [-0.05, 0) is 18.6 Å². The maximum atomic E-state index is 9.03. The normalized spacial score (nSPS) is 16.5. The predicted octanol–water partition coefficient (Wildman–Crippen LogP) is 1.21. The molecule has 1 aliphatic heterocycles. The Hall–Kier alpha value is -1.10. The number of ether oxygens (including phenoxy) is 1. The fourth-order valence-corrected chi connectivity index (χ4v) is 2.36. The van der Waals surface area contributed by atoms with Gasteiger partial charge in [-0.3, -0.25) is 4.90 Å². The summed E-state index contributed by atoms with van der Waals surface area (Å²) in [6, 6.07) is 10.4. The fraction of sp³-hybridized carbons (Fsp3) is 0.600. The minimum atomic E-state index is 0.251. The molecular weight excluding hydrogens is 240 g/mol. The third-order valence-corrected chi connectivity index (χ3v) is 3.50. The standard InChI is InChI=1S/C15H24N2O2/c18-12-4-7-17(15-5-2-1-3-6-15)9-8-16-10-13-19-14-11-16/h1-3,5-6,18H,4,7-14H2. The monoisotopic (exact) mass is 264 g/mol. The average molecular weight is 264 g/mol. The summed E-state index contributed by atoms with van der Waals surface area (Å²) in [6.07, 6.45) is 0.817. The molecule has 4 nitrogen and oxygen atoms in total. The van der Waals surface area contributed by atoms with E-state index >= 15 is 0 Å². The van der Waals surface area contributed by atoms with Gasteiger partial charge in [-0.1, -0.05) is 18.2 Å². The highest BCUT2D eigenvalue weighted by Crippen LogP contribution is 2.13. The first-order valence-corrected chi connectivity index (χ1v) is 7.11. The quantitative estimate of drug-likeness (QED) is 0.803. The second-order valence-electron chi connectivity index (χ2n) is 4.85.